The molecular weight excluding hydrogens is 549 g/mol. The van der Waals surface area contributed by atoms with Crippen LogP contribution in [-0.4, -0.2) is 86.5 Å². The first-order chi connectivity index (χ1) is 18.9. The highest BCUT2D eigenvalue weighted by Crippen LogP contribution is 2.39. The highest BCUT2D eigenvalue weighted by Gasteiger charge is 2.41. The number of ketones is 1. The van der Waals surface area contributed by atoms with E-state index in [2.05, 4.69) is 5.32 Å². The van der Waals surface area contributed by atoms with E-state index in [9.17, 15) is 44.3 Å². The number of benzene rings is 2. The van der Waals surface area contributed by atoms with Crippen molar-refractivity contribution in [2.24, 2.45) is 0 Å². The third kappa shape index (κ3) is 5.54. The van der Waals surface area contributed by atoms with Gasteiger partial charge in [0.1, 0.15) is 11.8 Å². The van der Waals surface area contributed by atoms with Gasteiger partial charge in [-0.15, -0.1) is 0 Å². The van der Waals surface area contributed by atoms with Crippen LogP contribution in [0.25, 0.3) is 0 Å². The van der Waals surface area contributed by atoms with Gasteiger partial charge in [-0.2, -0.15) is 0 Å². The third-order valence-corrected chi connectivity index (χ3v) is 7.17. The van der Waals surface area contributed by atoms with E-state index >= 15 is 0 Å². The van der Waals surface area contributed by atoms with E-state index in [0.29, 0.717) is 10.5 Å². The summed E-state index contributed by atoms with van der Waals surface area (Å²) in [7, 11) is -1.57. The summed E-state index contributed by atoms with van der Waals surface area (Å²) in [5.41, 5.74) is 0.183. The minimum atomic E-state index is -1.57. The van der Waals surface area contributed by atoms with Crippen LogP contribution in [0.4, 0.5) is 4.79 Å². The Balaban J connectivity index is 1.61. The summed E-state index contributed by atoms with van der Waals surface area (Å²) in [6.07, 6.45) is -0.345. The molecule has 1 fully saturated rings. The molecule has 0 bridgehead atoms. The molecule has 2 aliphatic heterocycles. The number of fused-ring (bicyclic) bond motifs is 1. The number of carboxylic acid groups (broad SMARTS) is 1. The standard InChI is InChI=1S/C25H25BClN3O10/c1-2-29-6-7-30(23(35)22(29)34)25(38)28-20(15-10-17(31)18(32)11-16(15)27)19(33)9-13-8-12-4-3-5-14(24(36)37)21(12)40-26(13)39/h3-5,10-11,13,20,31-32,39H,2,6-9H2,1H3,(H,28,38)(H,36,37)/t13-,20?/m1/s1. The maximum absolute atomic E-state index is 13.6. The average Bonchev–Trinajstić information content (AvgIpc) is 2.90. The number of imide groups is 1. The quantitative estimate of drug-likeness (QED) is 0.183. The largest absolute Gasteiger partial charge is 0.535 e. The molecule has 2 heterocycles. The van der Waals surface area contributed by atoms with E-state index < -0.39 is 66.5 Å². The van der Waals surface area contributed by atoms with Gasteiger partial charge in [0.05, 0.1) is 10.6 Å². The van der Waals surface area contributed by atoms with E-state index in [1.807, 2.05) is 0 Å². The molecular formula is C25H25BClN3O10. The van der Waals surface area contributed by atoms with Crippen LogP contribution < -0.4 is 9.97 Å². The number of hydrogen-bond acceptors (Lipinski definition) is 9. The number of carboxylic acids is 1. The summed E-state index contributed by atoms with van der Waals surface area (Å²) >= 11 is 6.24. The number of carbonyl (C=O) groups excluding carboxylic acids is 4. The van der Waals surface area contributed by atoms with Crippen molar-refractivity contribution in [1.82, 2.24) is 15.1 Å². The number of aromatic carboxylic acids is 1. The average molecular weight is 574 g/mol. The molecule has 4 rings (SSSR count). The van der Waals surface area contributed by atoms with Crippen LogP contribution in [-0.2, 0) is 20.8 Å². The smallest absolute Gasteiger partial charge is 0.526 e. The first-order valence-electron chi connectivity index (χ1n) is 12.3. The van der Waals surface area contributed by atoms with Crippen molar-refractivity contribution < 1.29 is 49.0 Å². The van der Waals surface area contributed by atoms with Gasteiger partial charge in [-0.25, -0.2) is 9.59 Å². The topological polar surface area (TPSA) is 194 Å². The number of para-hydroxylation sites is 1. The van der Waals surface area contributed by atoms with Crippen LogP contribution in [0.2, 0.25) is 10.8 Å². The number of likely N-dealkylation sites (N-methyl/N-ethyl adjacent to an activating group) is 1. The highest BCUT2D eigenvalue weighted by atomic mass is 35.5. The van der Waals surface area contributed by atoms with Crippen LogP contribution >= 0.6 is 11.6 Å². The van der Waals surface area contributed by atoms with Crippen LogP contribution in [0.5, 0.6) is 17.2 Å². The van der Waals surface area contributed by atoms with Gasteiger partial charge in [-0.05, 0) is 31.0 Å². The van der Waals surface area contributed by atoms with Crippen molar-refractivity contribution in [2.75, 3.05) is 19.6 Å². The molecule has 13 nitrogen and oxygen atoms in total. The summed E-state index contributed by atoms with van der Waals surface area (Å²) in [5.74, 6) is -6.03. The molecule has 2 atom stereocenters. The zero-order valence-corrected chi connectivity index (χ0v) is 21.9. The van der Waals surface area contributed by atoms with Crippen LogP contribution in [0.3, 0.4) is 0 Å². The zero-order valence-electron chi connectivity index (χ0n) is 21.2. The second-order valence-corrected chi connectivity index (χ2v) is 9.74. The molecule has 15 heteroatoms. The minimum Gasteiger partial charge on any atom is -0.535 e. The number of phenolic OH excluding ortho intramolecular Hbond substituents is 2. The fraction of sp³-hybridized carbons (Fsp3) is 0.320. The summed E-state index contributed by atoms with van der Waals surface area (Å²) in [6.45, 7) is 1.92. The Kier molecular flexibility index (Phi) is 8.21. The summed E-state index contributed by atoms with van der Waals surface area (Å²) in [5, 5.41) is 42.1. The maximum atomic E-state index is 13.6. The summed E-state index contributed by atoms with van der Waals surface area (Å²) in [6, 6.07) is 3.72. The molecule has 2 aromatic rings. The second-order valence-electron chi connectivity index (χ2n) is 9.33. The molecule has 210 valence electrons. The molecule has 0 saturated carbocycles. The number of amides is 4. The van der Waals surface area contributed by atoms with Gasteiger partial charge in [-0.3, -0.25) is 19.3 Å². The molecule has 40 heavy (non-hydrogen) atoms. The van der Waals surface area contributed by atoms with E-state index in [1.165, 1.54) is 17.0 Å². The summed E-state index contributed by atoms with van der Waals surface area (Å²) < 4.78 is 5.45. The monoisotopic (exact) mass is 573 g/mol. The predicted octanol–water partition coefficient (Wildman–Crippen LogP) is 1.34. The van der Waals surface area contributed by atoms with Crippen LogP contribution in [0, 0.1) is 0 Å². The second kappa shape index (κ2) is 11.4. The lowest BCUT2D eigenvalue weighted by atomic mass is 9.64. The predicted molar refractivity (Wildman–Crippen MR) is 139 cm³/mol. The molecule has 0 aromatic heterocycles. The number of urea groups is 1. The van der Waals surface area contributed by atoms with Gasteiger partial charge in [0, 0.05) is 43.5 Å². The lowest BCUT2D eigenvalue weighted by Gasteiger charge is -2.33. The Morgan fingerprint density at radius 3 is 2.52 bits per heavy atom. The van der Waals surface area contributed by atoms with Crippen LogP contribution in [0.1, 0.15) is 40.9 Å². The van der Waals surface area contributed by atoms with Crippen molar-refractivity contribution >= 4 is 48.3 Å². The Hall–Kier alpha value is -4.30. The number of phenols is 2. The summed E-state index contributed by atoms with van der Waals surface area (Å²) in [4.78, 5) is 65.0. The van der Waals surface area contributed by atoms with Gasteiger partial charge < -0.3 is 35.2 Å². The van der Waals surface area contributed by atoms with Crippen molar-refractivity contribution in [2.45, 2.75) is 31.6 Å². The fourth-order valence-electron chi connectivity index (χ4n) is 4.69. The molecule has 2 aliphatic rings. The number of carbonyl (C=O) groups is 5. The molecule has 4 amide bonds. The lowest BCUT2D eigenvalue weighted by molar-refractivity contribution is -0.153. The van der Waals surface area contributed by atoms with Gasteiger partial charge in [0.15, 0.2) is 17.3 Å². The van der Waals surface area contributed by atoms with E-state index in [4.69, 9.17) is 16.3 Å². The van der Waals surface area contributed by atoms with Gasteiger partial charge in [-0.1, -0.05) is 23.7 Å². The highest BCUT2D eigenvalue weighted by molar-refractivity contribution is 6.47. The Morgan fingerprint density at radius 1 is 1.15 bits per heavy atom. The normalized spacial score (nSPS) is 17.7. The Bertz CT molecular complexity index is 1400. The number of nitrogens with zero attached hydrogens (tertiary/aromatic N) is 2. The van der Waals surface area contributed by atoms with Gasteiger partial charge in [0.25, 0.3) is 0 Å². The molecule has 0 spiro atoms. The van der Waals surface area contributed by atoms with Crippen molar-refractivity contribution in [3.63, 3.8) is 0 Å². The van der Waals surface area contributed by atoms with E-state index in [0.717, 1.165) is 12.1 Å². The SMILES string of the molecule is CCN1CCN(C(=O)NC(C(=O)C[C@H]2Cc3cccc(C(=O)O)c3OB2O)c2cc(O)c(O)cc2Cl)C(=O)C1=O. The first-order valence-corrected chi connectivity index (χ1v) is 12.7. The maximum Gasteiger partial charge on any atom is 0.526 e. The third-order valence-electron chi connectivity index (χ3n) is 6.84. The molecule has 0 radical (unpaired) electrons. The number of rotatable bonds is 7. The van der Waals surface area contributed by atoms with Gasteiger partial charge >= 0.3 is 30.9 Å². The molecule has 1 saturated heterocycles. The number of piperazine rings is 1. The van der Waals surface area contributed by atoms with Crippen molar-refractivity contribution in [3.05, 3.63) is 52.0 Å². The molecule has 5 N–H and O–H groups in total. The number of halogens is 1. The minimum absolute atomic E-state index is 0.0167. The Labute approximate surface area is 233 Å². The number of Topliss-reactive ketones (excluding diaryl/α,β-unsaturated/α-hetero) is 1. The number of aromatic hydroxyl groups is 2. The lowest BCUT2D eigenvalue weighted by Crippen LogP contribution is -2.58. The van der Waals surface area contributed by atoms with Crippen molar-refractivity contribution in [3.8, 4) is 17.2 Å². The zero-order chi connectivity index (χ0) is 29.3. The number of hydrogen-bond donors (Lipinski definition) is 5. The molecule has 0 aliphatic carbocycles. The first kappa shape index (κ1) is 28.7. The van der Waals surface area contributed by atoms with E-state index in [-0.39, 0.29) is 48.0 Å². The van der Waals surface area contributed by atoms with E-state index in [1.54, 1.807) is 13.0 Å². The Morgan fingerprint density at radius 2 is 1.85 bits per heavy atom. The number of nitrogens with one attached hydrogen (secondary N) is 1. The van der Waals surface area contributed by atoms with Crippen LogP contribution in [0.15, 0.2) is 30.3 Å². The van der Waals surface area contributed by atoms with Gasteiger partial charge in [0.2, 0.25) is 0 Å². The molecule has 2 aromatic carbocycles. The fourth-order valence-corrected chi connectivity index (χ4v) is 4.96. The molecule has 1 unspecified atom stereocenters. The van der Waals surface area contributed by atoms with Crippen molar-refractivity contribution in [1.29, 1.82) is 0 Å².